The second-order valence-electron chi connectivity index (χ2n) is 14.1. The Morgan fingerprint density at radius 3 is 1.39 bits per heavy atom. The number of carbonyl (C=O) groups is 2. The highest BCUT2D eigenvalue weighted by atomic mass is 16.7. The van der Waals surface area contributed by atoms with Crippen LogP contribution in [0.25, 0.3) is 0 Å². The quantitative estimate of drug-likeness (QED) is 0.0401. The molecule has 0 aromatic rings. The summed E-state index contributed by atoms with van der Waals surface area (Å²) < 4.78 is 22.1. The van der Waals surface area contributed by atoms with E-state index in [9.17, 15) is 30.0 Å². The van der Waals surface area contributed by atoms with Crippen molar-refractivity contribution in [2.24, 2.45) is 0 Å². The fourth-order valence-electron chi connectivity index (χ4n) is 6.25. The molecular weight excluding hydrogens is 628 g/mol. The summed E-state index contributed by atoms with van der Waals surface area (Å²) in [6, 6.07) is 0. The number of hydrogen-bond donors (Lipinski definition) is 4. The van der Waals surface area contributed by atoms with E-state index in [1.807, 2.05) is 0 Å². The van der Waals surface area contributed by atoms with Gasteiger partial charge in [0.25, 0.3) is 0 Å². The van der Waals surface area contributed by atoms with Gasteiger partial charge in [0.05, 0.1) is 13.2 Å². The van der Waals surface area contributed by atoms with Crippen molar-refractivity contribution < 1.29 is 49.0 Å². The second-order valence-corrected chi connectivity index (χ2v) is 14.1. The average molecular weight is 703 g/mol. The molecule has 0 aliphatic carbocycles. The van der Waals surface area contributed by atoms with Crippen LogP contribution in [0.5, 0.6) is 0 Å². The first-order valence-electron chi connectivity index (χ1n) is 20.1. The zero-order valence-corrected chi connectivity index (χ0v) is 31.2. The van der Waals surface area contributed by atoms with E-state index in [-0.39, 0.29) is 32.0 Å². The van der Waals surface area contributed by atoms with E-state index in [1.54, 1.807) is 0 Å². The summed E-state index contributed by atoms with van der Waals surface area (Å²) in [5.41, 5.74) is 0. The molecule has 0 spiro atoms. The molecule has 1 fully saturated rings. The van der Waals surface area contributed by atoms with Crippen LogP contribution < -0.4 is 0 Å². The maximum Gasteiger partial charge on any atom is 0.306 e. The fraction of sp³-hybridized carbons (Fsp3) is 0.949. The number of aliphatic hydroxyl groups excluding tert-OH is 4. The van der Waals surface area contributed by atoms with E-state index in [4.69, 9.17) is 18.9 Å². The van der Waals surface area contributed by atoms with Crippen LogP contribution in [-0.4, -0.2) is 89.0 Å². The topological polar surface area (TPSA) is 152 Å². The van der Waals surface area contributed by atoms with Gasteiger partial charge in [-0.05, 0) is 12.8 Å². The van der Waals surface area contributed by atoms with Crippen LogP contribution in [0.4, 0.5) is 0 Å². The molecule has 10 heteroatoms. The minimum absolute atomic E-state index is 0.210. The van der Waals surface area contributed by atoms with Gasteiger partial charge < -0.3 is 39.4 Å². The lowest BCUT2D eigenvalue weighted by molar-refractivity contribution is -0.305. The lowest BCUT2D eigenvalue weighted by atomic mass is 9.99. The molecule has 0 bridgehead atoms. The lowest BCUT2D eigenvalue weighted by Gasteiger charge is -2.39. The SMILES string of the molecule is CCCCCCCCCCCCCCCC(=O)O[C@H](COC(=O)CCCCCCCCCCCCC)CO[C@@H]1O[C@H](CO)[C@H](O)C(O)C1O. The summed E-state index contributed by atoms with van der Waals surface area (Å²) in [5.74, 6) is -0.798. The molecule has 1 heterocycles. The van der Waals surface area contributed by atoms with Crippen molar-refractivity contribution in [3.05, 3.63) is 0 Å². The van der Waals surface area contributed by atoms with E-state index in [0.29, 0.717) is 6.42 Å². The molecule has 49 heavy (non-hydrogen) atoms. The Morgan fingerprint density at radius 2 is 0.959 bits per heavy atom. The van der Waals surface area contributed by atoms with Crippen LogP contribution in [-0.2, 0) is 28.5 Å². The van der Waals surface area contributed by atoms with E-state index >= 15 is 0 Å². The molecule has 0 saturated carbocycles. The molecule has 10 nitrogen and oxygen atoms in total. The third-order valence-corrected chi connectivity index (χ3v) is 9.49. The van der Waals surface area contributed by atoms with Crippen molar-refractivity contribution in [2.75, 3.05) is 19.8 Å². The largest absolute Gasteiger partial charge is 0.462 e. The van der Waals surface area contributed by atoms with Crippen molar-refractivity contribution >= 4 is 11.9 Å². The Bertz CT molecular complexity index is 779. The highest BCUT2D eigenvalue weighted by molar-refractivity contribution is 5.70. The predicted octanol–water partition coefficient (Wildman–Crippen LogP) is 7.44. The summed E-state index contributed by atoms with van der Waals surface area (Å²) in [5, 5.41) is 39.9. The van der Waals surface area contributed by atoms with Gasteiger partial charge in [0.2, 0.25) is 0 Å². The van der Waals surface area contributed by atoms with Gasteiger partial charge in [-0.1, -0.05) is 155 Å². The summed E-state index contributed by atoms with van der Waals surface area (Å²) in [4.78, 5) is 25.2. The van der Waals surface area contributed by atoms with Crippen LogP contribution in [0.2, 0.25) is 0 Å². The van der Waals surface area contributed by atoms with Crippen molar-refractivity contribution in [3.63, 3.8) is 0 Å². The van der Waals surface area contributed by atoms with E-state index in [1.165, 1.54) is 109 Å². The Labute approximate surface area is 298 Å². The van der Waals surface area contributed by atoms with Crippen molar-refractivity contribution in [1.82, 2.24) is 0 Å². The Morgan fingerprint density at radius 1 is 0.551 bits per heavy atom. The summed E-state index contributed by atoms with van der Waals surface area (Å²) in [6.07, 6.45) is 21.1. The van der Waals surface area contributed by atoms with E-state index in [0.717, 1.165) is 38.5 Å². The molecule has 1 aliphatic heterocycles. The number of hydrogen-bond acceptors (Lipinski definition) is 10. The van der Waals surface area contributed by atoms with Gasteiger partial charge in [0.1, 0.15) is 31.0 Å². The molecule has 290 valence electrons. The lowest BCUT2D eigenvalue weighted by Crippen LogP contribution is -2.59. The predicted molar refractivity (Wildman–Crippen MR) is 192 cm³/mol. The van der Waals surface area contributed by atoms with Crippen LogP contribution >= 0.6 is 0 Å². The van der Waals surface area contributed by atoms with Crippen LogP contribution in [0.3, 0.4) is 0 Å². The van der Waals surface area contributed by atoms with Crippen LogP contribution in [0.15, 0.2) is 0 Å². The molecule has 2 unspecified atom stereocenters. The Balaban J connectivity index is 2.38. The average Bonchev–Trinajstić information content (AvgIpc) is 3.10. The molecule has 1 saturated heterocycles. The molecule has 0 aromatic carbocycles. The first-order chi connectivity index (χ1) is 23.8. The molecule has 6 atom stereocenters. The van der Waals surface area contributed by atoms with E-state index < -0.39 is 49.4 Å². The number of ether oxygens (including phenoxy) is 4. The van der Waals surface area contributed by atoms with E-state index in [2.05, 4.69) is 13.8 Å². The second kappa shape index (κ2) is 31.4. The number of esters is 2. The normalized spacial score (nSPS) is 21.5. The van der Waals surface area contributed by atoms with Gasteiger partial charge in [-0.25, -0.2) is 0 Å². The fourth-order valence-corrected chi connectivity index (χ4v) is 6.25. The summed E-state index contributed by atoms with van der Waals surface area (Å²) in [7, 11) is 0. The number of aliphatic hydroxyl groups is 4. The van der Waals surface area contributed by atoms with Crippen molar-refractivity contribution in [2.45, 2.75) is 218 Å². The van der Waals surface area contributed by atoms with Crippen molar-refractivity contribution in [1.29, 1.82) is 0 Å². The third-order valence-electron chi connectivity index (χ3n) is 9.49. The highest BCUT2D eigenvalue weighted by Gasteiger charge is 2.44. The summed E-state index contributed by atoms with van der Waals surface area (Å²) >= 11 is 0. The first-order valence-corrected chi connectivity index (χ1v) is 20.1. The molecular formula is C39H74O10. The molecule has 1 rings (SSSR count). The monoisotopic (exact) mass is 703 g/mol. The highest BCUT2D eigenvalue weighted by Crippen LogP contribution is 2.22. The maximum absolute atomic E-state index is 12.7. The van der Waals surface area contributed by atoms with Gasteiger partial charge in [-0.15, -0.1) is 0 Å². The molecule has 0 aromatic heterocycles. The minimum atomic E-state index is -1.59. The summed E-state index contributed by atoms with van der Waals surface area (Å²) in [6.45, 7) is 3.41. The maximum atomic E-state index is 12.7. The minimum Gasteiger partial charge on any atom is -0.462 e. The smallest absolute Gasteiger partial charge is 0.306 e. The van der Waals surface area contributed by atoms with Gasteiger partial charge in [0.15, 0.2) is 12.4 Å². The number of rotatable bonds is 33. The standard InChI is InChI=1S/C39H74O10/c1-3-5-7-9-11-13-15-16-18-20-22-24-26-28-35(42)48-32(31-47-39-38(45)37(44)36(43)33(29-40)49-39)30-46-34(41)27-25-23-21-19-17-14-12-10-8-6-4-2/h32-33,36-40,43-45H,3-31H2,1-2H3/t32-,33-,36+,37?,38?,39-/m1/s1. The van der Waals surface area contributed by atoms with Crippen LogP contribution in [0.1, 0.15) is 181 Å². The number of unbranched alkanes of at least 4 members (excludes halogenated alkanes) is 22. The molecule has 4 N–H and O–H groups in total. The third kappa shape index (κ3) is 23.7. The van der Waals surface area contributed by atoms with Gasteiger partial charge in [-0.2, -0.15) is 0 Å². The van der Waals surface area contributed by atoms with Gasteiger partial charge in [-0.3, -0.25) is 9.59 Å². The van der Waals surface area contributed by atoms with Crippen molar-refractivity contribution in [3.8, 4) is 0 Å². The molecule has 0 amide bonds. The first kappa shape index (κ1) is 45.7. The van der Waals surface area contributed by atoms with Gasteiger partial charge in [0, 0.05) is 12.8 Å². The Kier molecular flexibility index (Phi) is 29.3. The Hall–Kier alpha value is -1.30. The van der Waals surface area contributed by atoms with Crippen LogP contribution in [0, 0.1) is 0 Å². The number of carbonyl (C=O) groups excluding carboxylic acids is 2. The van der Waals surface area contributed by atoms with Gasteiger partial charge >= 0.3 is 11.9 Å². The zero-order valence-electron chi connectivity index (χ0n) is 31.2. The zero-order chi connectivity index (χ0) is 36.0. The molecule has 1 aliphatic rings. The molecule has 0 radical (unpaired) electrons.